The van der Waals surface area contributed by atoms with Crippen LogP contribution in [0, 0.1) is 5.92 Å². The number of fused-ring (bicyclic) bond motifs is 2. The van der Waals surface area contributed by atoms with Crippen LogP contribution >= 0.6 is 11.3 Å². The van der Waals surface area contributed by atoms with Gasteiger partial charge < -0.3 is 0 Å². The number of para-hydroxylation sites is 1. The molecule has 162 valence electrons. The molecule has 2 amide bonds. The summed E-state index contributed by atoms with van der Waals surface area (Å²) in [5.41, 5.74) is 5.46. The van der Waals surface area contributed by atoms with Crippen LogP contribution in [0.4, 0.5) is 0 Å². The number of hydrogen-bond acceptors (Lipinski definition) is 5. The largest absolute Gasteiger partial charge is 0.331 e. The first kappa shape index (κ1) is 21.0. The molecule has 0 radical (unpaired) electrons. The second kappa shape index (κ2) is 8.50. The summed E-state index contributed by atoms with van der Waals surface area (Å²) in [7, 11) is 0. The minimum atomic E-state index is -0.562. The van der Waals surface area contributed by atoms with Crippen LogP contribution in [0.2, 0.25) is 0 Å². The number of carbonyl (C=O) groups is 2. The second-order valence-corrected chi connectivity index (χ2v) is 8.98. The zero-order chi connectivity index (χ0) is 22.1. The van der Waals surface area contributed by atoms with E-state index in [4.69, 9.17) is 0 Å². The van der Waals surface area contributed by atoms with Crippen LogP contribution in [0.3, 0.4) is 0 Å². The Morgan fingerprint density at radius 2 is 1.94 bits per heavy atom. The van der Waals surface area contributed by atoms with Crippen LogP contribution in [-0.4, -0.2) is 20.9 Å². The maximum atomic E-state index is 12.7. The second-order valence-electron chi connectivity index (χ2n) is 7.84. The van der Waals surface area contributed by atoms with Crippen molar-refractivity contribution in [3.63, 3.8) is 0 Å². The summed E-state index contributed by atoms with van der Waals surface area (Å²) in [6.45, 7) is 3.78. The van der Waals surface area contributed by atoms with Gasteiger partial charge in [0.2, 0.25) is 0 Å². The molecule has 1 atom stereocenters. The zero-order valence-electron chi connectivity index (χ0n) is 17.4. The van der Waals surface area contributed by atoms with Gasteiger partial charge in [-0.1, -0.05) is 19.1 Å². The number of aryl methyl sites for hydroxylation is 1. The SMILES string of the molecule is CCn1c(=O)c2ccccc2n(CC(=O)NNC(=O)c2cc3c(s2)CCC(C)C3)c1=O. The molecule has 2 aromatic heterocycles. The summed E-state index contributed by atoms with van der Waals surface area (Å²) in [5.74, 6) is -0.328. The van der Waals surface area contributed by atoms with E-state index in [0.717, 1.165) is 23.8 Å². The van der Waals surface area contributed by atoms with Crippen molar-refractivity contribution < 1.29 is 9.59 Å². The Hall–Kier alpha value is -3.20. The Labute approximate surface area is 182 Å². The highest BCUT2D eigenvalue weighted by molar-refractivity contribution is 7.14. The van der Waals surface area contributed by atoms with E-state index >= 15 is 0 Å². The average molecular weight is 441 g/mol. The number of thiophene rings is 1. The average Bonchev–Trinajstić information content (AvgIpc) is 3.18. The number of aromatic nitrogens is 2. The molecule has 9 heteroatoms. The fraction of sp³-hybridized carbons (Fsp3) is 0.364. The Morgan fingerprint density at radius 1 is 1.16 bits per heavy atom. The monoisotopic (exact) mass is 440 g/mol. The summed E-state index contributed by atoms with van der Waals surface area (Å²) < 4.78 is 2.33. The maximum Gasteiger partial charge on any atom is 0.331 e. The number of rotatable bonds is 4. The van der Waals surface area contributed by atoms with Gasteiger partial charge >= 0.3 is 5.69 Å². The van der Waals surface area contributed by atoms with E-state index in [9.17, 15) is 19.2 Å². The Kier molecular flexibility index (Phi) is 5.77. The van der Waals surface area contributed by atoms with Crippen molar-refractivity contribution in [3.05, 3.63) is 66.5 Å². The molecule has 2 heterocycles. The highest BCUT2D eigenvalue weighted by Crippen LogP contribution is 2.32. The molecule has 0 saturated heterocycles. The third kappa shape index (κ3) is 4.05. The van der Waals surface area contributed by atoms with Gasteiger partial charge in [-0.25, -0.2) is 4.79 Å². The molecule has 2 N–H and O–H groups in total. The highest BCUT2D eigenvalue weighted by atomic mass is 32.1. The van der Waals surface area contributed by atoms with Crippen molar-refractivity contribution in [3.8, 4) is 0 Å². The normalized spacial score (nSPS) is 15.5. The van der Waals surface area contributed by atoms with Gasteiger partial charge in [0.1, 0.15) is 6.54 Å². The third-order valence-corrected chi connectivity index (χ3v) is 6.85. The number of hydrazine groups is 1. The number of benzene rings is 1. The topological polar surface area (TPSA) is 102 Å². The van der Waals surface area contributed by atoms with Gasteiger partial charge in [-0.05, 0) is 55.9 Å². The predicted molar refractivity (Wildman–Crippen MR) is 119 cm³/mol. The van der Waals surface area contributed by atoms with Crippen molar-refractivity contribution in [2.24, 2.45) is 5.92 Å². The molecule has 0 spiro atoms. The summed E-state index contributed by atoms with van der Waals surface area (Å²) in [6, 6.07) is 8.56. The zero-order valence-corrected chi connectivity index (χ0v) is 18.3. The van der Waals surface area contributed by atoms with E-state index in [1.807, 2.05) is 6.07 Å². The highest BCUT2D eigenvalue weighted by Gasteiger charge is 2.21. The molecule has 31 heavy (non-hydrogen) atoms. The molecule has 3 aromatic rings. The quantitative estimate of drug-likeness (QED) is 0.604. The summed E-state index contributed by atoms with van der Waals surface area (Å²) in [5, 5.41) is 0.360. The minimum absolute atomic E-state index is 0.197. The lowest BCUT2D eigenvalue weighted by Gasteiger charge is -2.16. The van der Waals surface area contributed by atoms with Gasteiger partial charge in [-0.2, -0.15) is 0 Å². The van der Waals surface area contributed by atoms with Gasteiger partial charge in [0.25, 0.3) is 17.4 Å². The molecule has 8 nitrogen and oxygen atoms in total. The van der Waals surface area contributed by atoms with Gasteiger partial charge in [-0.3, -0.25) is 34.4 Å². The number of nitrogens with one attached hydrogen (secondary N) is 2. The molecular weight excluding hydrogens is 416 g/mol. The van der Waals surface area contributed by atoms with Gasteiger partial charge in [0.15, 0.2) is 0 Å². The van der Waals surface area contributed by atoms with E-state index < -0.39 is 11.6 Å². The molecule has 0 fully saturated rings. The van der Waals surface area contributed by atoms with Crippen molar-refractivity contribution >= 4 is 34.1 Å². The molecule has 1 unspecified atom stereocenters. The lowest BCUT2D eigenvalue weighted by Crippen LogP contribution is -2.46. The first-order chi connectivity index (χ1) is 14.9. The molecule has 4 rings (SSSR count). The molecular formula is C22H24N4O4S. The van der Waals surface area contributed by atoms with E-state index in [1.54, 1.807) is 31.2 Å². The van der Waals surface area contributed by atoms with E-state index in [1.165, 1.54) is 26.3 Å². The van der Waals surface area contributed by atoms with Crippen molar-refractivity contribution in [1.29, 1.82) is 0 Å². The van der Waals surface area contributed by atoms with E-state index in [0.29, 0.717) is 21.7 Å². The van der Waals surface area contributed by atoms with E-state index in [-0.39, 0.29) is 24.6 Å². The van der Waals surface area contributed by atoms with Crippen LogP contribution in [-0.2, 0) is 30.7 Å². The summed E-state index contributed by atoms with van der Waals surface area (Å²) in [6.07, 6.45) is 3.06. The number of hydrogen-bond donors (Lipinski definition) is 2. The Balaban J connectivity index is 1.50. The molecule has 1 aromatic carbocycles. The van der Waals surface area contributed by atoms with Crippen molar-refractivity contribution in [2.75, 3.05) is 0 Å². The predicted octanol–water partition coefficient (Wildman–Crippen LogP) is 1.83. The Morgan fingerprint density at radius 3 is 2.71 bits per heavy atom. The lowest BCUT2D eigenvalue weighted by molar-refractivity contribution is -0.122. The number of amides is 2. The van der Waals surface area contributed by atoms with Crippen LogP contribution in [0.1, 0.15) is 40.4 Å². The number of carbonyl (C=O) groups excluding carboxylic acids is 2. The first-order valence-corrected chi connectivity index (χ1v) is 11.1. The smallest absolute Gasteiger partial charge is 0.284 e. The molecule has 0 saturated carbocycles. The Bertz CT molecular complexity index is 1290. The van der Waals surface area contributed by atoms with Gasteiger partial charge in [-0.15, -0.1) is 11.3 Å². The molecule has 1 aliphatic carbocycles. The first-order valence-electron chi connectivity index (χ1n) is 10.3. The molecule has 1 aliphatic rings. The van der Waals surface area contributed by atoms with Crippen molar-refractivity contribution in [1.82, 2.24) is 20.0 Å². The van der Waals surface area contributed by atoms with E-state index in [2.05, 4.69) is 17.8 Å². The van der Waals surface area contributed by atoms with Crippen LogP contribution < -0.4 is 22.1 Å². The van der Waals surface area contributed by atoms with Crippen LogP contribution in [0.5, 0.6) is 0 Å². The summed E-state index contributed by atoms with van der Waals surface area (Å²) >= 11 is 1.46. The molecule has 0 aliphatic heterocycles. The minimum Gasteiger partial charge on any atom is -0.284 e. The molecule has 0 bridgehead atoms. The number of nitrogens with zero attached hydrogens (tertiary/aromatic N) is 2. The standard InChI is InChI=1S/C22H24N4O4S/c1-3-25-21(29)15-6-4-5-7-16(15)26(22(25)30)12-19(27)23-24-20(28)18-11-14-10-13(2)8-9-17(14)31-18/h4-7,11,13H,3,8-10,12H2,1-2H3,(H,23,27)(H,24,28). The third-order valence-electron chi connectivity index (χ3n) is 5.62. The van der Waals surface area contributed by atoms with Crippen molar-refractivity contribution in [2.45, 2.75) is 46.2 Å². The lowest BCUT2D eigenvalue weighted by atomic mass is 9.90. The van der Waals surface area contributed by atoms with Gasteiger partial charge in [0.05, 0.1) is 15.8 Å². The fourth-order valence-corrected chi connectivity index (χ4v) is 5.10. The van der Waals surface area contributed by atoms with Crippen LogP contribution in [0.15, 0.2) is 39.9 Å². The summed E-state index contributed by atoms with van der Waals surface area (Å²) in [4.78, 5) is 52.0. The van der Waals surface area contributed by atoms with Crippen LogP contribution in [0.25, 0.3) is 10.9 Å². The fourth-order valence-electron chi connectivity index (χ4n) is 3.99. The maximum absolute atomic E-state index is 12.7. The van der Waals surface area contributed by atoms with Gasteiger partial charge in [0, 0.05) is 11.4 Å².